The molecule has 6 N–H and O–H groups in total. The Morgan fingerprint density at radius 1 is 0.806 bits per heavy atom. The number of carbonyl (C=O) groups excluding carboxylic acids is 2. The molecule has 0 aliphatic carbocycles. The number of anilines is 1. The van der Waals surface area contributed by atoms with Gasteiger partial charge in [0.25, 0.3) is 16.0 Å². The minimum Gasteiger partial charge on any atom is -0.506 e. The van der Waals surface area contributed by atoms with Gasteiger partial charge in [0.1, 0.15) is 28.7 Å². The van der Waals surface area contributed by atoms with Gasteiger partial charge in [-0.05, 0) is 102 Å². The molecule has 0 bridgehead atoms. The first-order valence-corrected chi connectivity index (χ1v) is 23.7. The molecule has 0 atom stereocenters. The summed E-state index contributed by atoms with van der Waals surface area (Å²) in [5.74, 6) is -0.280. The van der Waals surface area contributed by atoms with Gasteiger partial charge in [-0.25, -0.2) is 5.26 Å². The number of ether oxygens (including phenoxy) is 2. The second-order valence-electron chi connectivity index (χ2n) is 17.1. The first-order chi connectivity index (χ1) is 31.8. The first kappa shape index (κ1) is 50.1. The lowest BCUT2D eigenvalue weighted by Gasteiger charge is -2.30. The summed E-state index contributed by atoms with van der Waals surface area (Å²) in [4.78, 5) is 25.0. The van der Waals surface area contributed by atoms with Crippen LogP contribution >= 0.6 is 12.0 Å². The Morgan fingerprint density at radius 2 is 1.51 bits per heavy atom. The lowest BCUT2D eigenvalue weighted by molar-refractivity contribution is -0.432. The van der Waals surface area contributed by atoms with Crippen molar-refractivity contribution >= 4 is 72.6 Å². The fraction of sp³-hybridized carbons (Fsp3) is 0.306. The van der Waals surface area contributed by atoms with Crippen molar-refractivity contribution in [3.63, 3.8) is 0 Å². The highest BCUT2D eigenvalue weighted by molar-refractivity contribution is 7.94. The molecule has 0 unspecified atom stereocenters. The van der Waals surface area contributed by atoms with Crippen LogP contribution in [0.2, 0.25) is 0 Å². The number of benzene rings is 6. The zero-order chi connectivity index (χ0) is 48.7. The average molecular weight is 955 g/mol. The molecule has 0 heterocycles. The van der Waals surface area contributed by atoms with E-state index in [9.17, 15) is 32.8 Å². The topological polar surface area (TPSA) is 235 Å². The molecule has 67 heavy (non-hydrogen) atoms. The number of phenols is 2. The summed E-state index contributed by atoms with van der Waals surface area (Å²) in [6.07, 6.45) is 3.32. The van der Waals surface area contributed by atoms with Crippen LogP contribution in [0.15, 0.2) is 111 Å². The second-order valence-corrected chi connectivity index (χ2v) is 19.3. The Bertz CT molecular complexity index is 2940. The molecule has 16 nitrogen and oxygen atoms in total. The number of phenolic OH excluding ortho intramolecular Hbond substituents is 2. The van der Waals surface area contributed by atoms with Gasteiger partial charge >= 0.3 is 0 Å². The van der Waals surface area contributed by atoms with Gasteiger partial charge in [0.05, 0.1) is 45.4 Å². The number of nitrogens with zero attached hydrogens (tertiary/aromatic N) is 2. The van der Waals surface area contributed by atoms with Crippen LogP contribution in [0.1, 0.15) is 95.6 Å². The lowest BCUT2D eigenvalue weighted by atomic mass is 9.76. The molecular formula is C49H54N4O12S2. The van der Waals surface area contributed by atoms with E-state index in [0.717, 1.165) is 30.7 Å². The molecule has 18 heteroatoms. The maximum atomic E-state index is 13.5. The van der Waals surface area contributed by atoms with E-state index in [2.05, 4.69) is 90.0 Å². The molecule has 0 spiro atoms. The number of hydrogen-bond donors (Lipinski definition) is 6. The molecule has 354 valence electrons. The van der Waals surface area contributed by atoms with Gasteiger partial charge in [0.15, 0.2) is 5.75 Å². The molecule has 0 aliphatic heterocycles. The Hall–Kier alpha value is -6.28. The van der Waals surface area contributed by atoms with Crippen molar-refractivity contribution in [3.05, 3.63) is 108 Å². The molecular weight excluding hydrogens is 901 g/mol. The lowest BCUT2D eigenvalue weighted by Crippen LogP contribution is -2.25. The third kappa shape index (κ3) is 11.8. The fourth-order valence-corrected chi connectivity index (χ4v) is 8.25. The largest absolute Gasteiger partial charge is 0.506 e. The molecule has 0 radical (unpaired) electrons. The fourth-order valence-electron chi connectivity index (χ4n) is 7.22. The van der Waals surface area contributed by atoms with Crippen LogP contribution in [0.3, 0.4) is 0 Å². The van der Waals surface area contributed by atoms with Crippen molar-refractivity contribution in [3.8, 4) is 28.7 Å². The van der Waals surface area contributed by atoms with E-state index in [-0.39, 0.29) is 54.9 Å². The number of aromatic hydroxyl groups is 2. The van der Waals surface area contributed by atoms with E-state index < -0.39 is 32.6 Å². The quantitative estimate of drug-likeness (QED) is 0.0104. The minimum atomic E-state index is -4.74. The summed E-state index contributed by atoms with van der Waals surface area (Å²) in [6.45, 7) is 15.3. The van der Waals surface area contributed by atoms with E-state index in [1.807, 2.05) is 0 Å². The Labute approximate surface area is 393 Å². The van der Waals surface area contributed by atoms with E-state index in [1.54, 1.807) is 48.5 Å². The molecule has 0 aromatic heterocycles. The zero-order valence-corrected chi connectivity index (χ0v) is 39.8. The Balaban J connectivity index is 1.16. The third-order valence-corrected chi connectivity index (χ3v) is 13.3. The summed E-state index contributed by atoms with van der Waals surface area (Å²) < 4.78 is 50.9. The maximum absolute atomic E-state index is 13.5. The van der Waals surface area contributed by atoms with Crippen LogP contribution in [-0.4, -0.2) is 53.4 Å². The third-order valence-electron chi connectivity index (χ3n) is 11.8. The van der Waals surface area contributed by atoms with Crippen LogP contribution in [0.25, 0.3) is 21.5 Å². The van der Waals surface area contributed by atoms with Gasteiger partial charge in [0.2, 0.25) is 5.91 Å². The SMILES string of the molecule is CCC(C)(C)c1ccc(OCCCCNC(=O)c2cc(Oc3ccc(/N=N/c4c(SOOO)cc5cc(S(=O)(=O)O)cc(NC(C)=O)c5c4O)cc3)c3ccccc3c2O)c(C(C)(C)CC)c1. The van der Waals surface area contributed by atoms with Gasteiger partial charge in [-0.2, -0.15) is 13.5 Å². The summed E-state index contributed by atoms with van der Waals surface area (Å²) in [5, 5.41) is 49.9. The van der Waals surface area contributed by atoms with Crippen LogP contribution in [0.5, 0.6) is 28.7 Å². The zero-order valence-electron chi connectivity index (χ0n) is 38.2. The van der Waals surface area contributed by atoms with Crippen LogP contribution in [-0.2, 0) is 35.1 Å². The second kappa shape index (κ2) is 21.1. The maximum Gasteiger partial charge on any atom is 0.294 e. The van der Waals surface area contributed by atoms with Gasteiger partial charge in [-0.1, -0.05) is 83.0 Å². The van der Waals surface area contributed by atoms with Crippen LogP contribution in [0, 0.1) is 0 Å². The monoisotopic (exact) mass is 954 g/mol. The van der Waals surface area contributed by atoms with Crippen molar-refractivity contribution in [1.82, 2.24) is 5.32 Å². The number of unbranched alkanes of at least 4 members (excludes halogenated alkanes) is 1. The predicted molar refractivity (Wildman–Crippen MR) is 257 cm³/mol. The van der Waals surface area contributed by atoms with Crippen molar-refractivity contribution in [2.45, 2.75) is 94.8 Å². The highest BCUT2D eigenvalue weighted by Crippen LogP contribution is 2.47. The van der Waals surface area contributed by atoms with Gasteiger partial charge in [0, 0.05) is 35.2 Å². The van der Waals surface area contributed by atoms with E-state index in [0.29, 0.717) is 60.3 Å². The molecule has 6 aromatic rings. The highest BCUT2D eigenvalue weighted by atomic mass is 32.2. The van der Waals surface area contributed by atoms with Gasteiger partial charge in [-0.3, -0.25) is 14.1 Å². The van der Waals surface area contributed by atoms with Gasteiger partial charge in [-0.15, -0.1) is 9.45 Å². The standard InChI is InChI=1S/C49H54N4O12S2/c1-8-48(4,5)31-16-21-40(38(26-31)49(6,7)9-2)62-23-13-12-22-50-47(57)37-28-41(35-14-10-11-15-36(35)45(37)55)63-33-19-17-32(18-20-33)52-53-44-42(66-65-64-58)25-30-24-34(67(59,60)61)27-39(51-29(3)54)43(30)46(44)56/h10-11,14-21,24-28,55-56,58H,8-9,12-13,22-23H2,1-7H3,(H,50,57)(H,51,54)(H,59,60,61)/b53-52+. The van der Waals surface area contributed by atoms with Crippen molar-refractivity contribution < 1.29 is 56.9 Å². The van der Waals surface area contributed by atoms with E-state index in [4.69, 9.17) is 14.7 Å². The number of nitrogens with one attached hydrogen (secondary N) is 2. The van der Waals surface area contributed by atoms with Crippen molar-refractivity contribution in [1.29, 1.82) is 0 Å². The molecule has 2 amide bonds. The molecule has 0 fully saturated rings. The Kier molecular flexibility index (Phi) is 15.8. The first-order valence-electron chi connectivity index (χ1n) is 21.5. The number of azo groups is 1. The highest BCUT2D eigenvalue weighted by Gasteiger charge is 2.27. The predicted octanol–water partition coefficient (Wildman–Crippen LogP) is 12.2. The molecule has 6 aromatic carbocycles. The van der Waals surface area contributed by atoms with Gasteiger partial charge < -0.3 is 30.3 Å². The number of rotatable bonds is 20. The van der Waals surface area contributed by atoms with Crippen molar-refractivity contribution in [2.75, 3.05) is 18.5 Å². The Morgan fingerprint density at radius 3 is 2.16 bits per heavy atom. The molecule has 0 aliphatic rings. The number of amides is 2. The van der Waals surface area contributed by atoms with Crippen molar-refractivity contribution in [2.24, 2.45) is 10.2 Å². The summed E-state index contributed by atoms with van der Waals surface area (Å²) in [5.41, 5.74) is 2.42. The average Bonchev–Trinajstić information content (AvgIpc) is 3.29. The summed E-state index contributed by atoms with van der Waals surface area (Å²) in [6, 6.07) is 24.6. The number of carbonyl (C=O) groups is 2. The molecule has 6 rings (SSSR count). The molecule has 0 saturated carbocycles. The van der Waals surface area contributed by atoms with Crippen LogP contribution in [0.4, 0.5) is 17.1 Å². The summed E-state index contributed by atoms with van der Waals surface area (Å²) in [7, 11) is -4.74. The number of hydrogen-bond acceptors (Lipinski definition) is 14. The van der Waals surface area contributed by atoms with E-state index >= 15 is 0 Å². The van der Waals surface area contributed by atoms with Crippen LogP contribution < -0.4 is 20.1 Å². The summed E-state index contributed by atoms with van der Waals surface area (Å²) >= 11 is 0.405. The number of fused-ring (bicyclic) bond motifs is 2. The van der Waals surface area contributed by atoms with E-state index in [1.165, 1.54) is 30.2 Å². The smallest absolute Gasteiger partial charge is 0.294 e. The molecule has 0 saturated heterocycles. The normalized spacial score (nSPS) is 12.2. The minimum absolute atomic E-state index is 0.00435.